The SMILES string of the molecule is Fc1ccc(F)c(-c2cccc(CNC3CC3)c2)c1. The Morgan fingerprint density at radius 2 is 1.89 bits per heavy atom. The Hall–Kier alpha value is -1.74. The van der Waals surface area contributed by atoms with Crippen LogP contribution in [0.1, 0.15) is 18.4 Å². The van der Waals surface area contributed by atoms with Crippen LogP contribution in [0.15, 0.2) is 42.5 Å². The quantitative estimate of drug-likeness (QED) is 0.878. The molecule has 0 atom stereocenters. The highest BCUT2D eigenvalue weighted by atomic mass is 19.1. The van der Waals surface area contributed by atoms with Crippen molar-refractivity contribution in [2.75, 3.05) is 0 Å². The number of hydrogen-bond acceptors (Lipinski definition) is 1. The van der Waals surface area contributed by atoms with Crippen LogP contribution in [0.3, 0.4) is 0 Å². The average Bonchev–Trinajstić information content (AvgIpc) is 3.24. The lowest BCUT2D eigenvalue weighted by atomic mass is 10.0. The van der Waals surface area contributed by atoms with Crippen LogP contribution in [-0.4, -0.2) is 6.04 Å². The molecule has 0 amide bonds. The van der Waals surface area contributed by atoms with E-state index in [1.165, 1.54) is 25.0 Å². The summed E-state index contributed by atoms with van der Waals surface area (Å²) in [4.78, 5) is 0. The monoisotopic (exact) mass is 259 g/mol. The van der Waals surface area contributed by atoms with E-state index in [1.807, 2.05) is 18.2 Å². The molecule has 3 heteroatoms. The van der Waals surface area contributed by atoms with Crippen LogP contribution in [0.4, 0.5) is 8.78 Å². The Balaban J connectivity index is 1.86. The van der Waals surface area contributed by atoms with Crippen molar-refractivity contribution >= 4 is 0 Å². The first-order chi connectivity index (χ1) is 9.22. The summed E-state index contributed by atoms with van der Waals surface area (Å²) in [5.41, 5.74) is 2.12. The summed E-state index contributed by atoms with van der Waals surface area (Å²) >= 11 is 0. The van der Waals surface area contributed by atoms with Crippen molar-refractivity contribution < 1.29 is 8.78 Å². The minimum Gasteiger partial charge on any atom is -0.310 e. The molecule has 1 aliphatic rings. The molecule has 19 heavy (non-hydrogen) atoms. The average molecular weight is 259 g/mol. The Bertz CT molecular complexity index is 591. The first kappa shape index (κ1) is 12.3. The van der Waals surface area contributed by atoms with Gasteiger partial charge in [-0.2, -0.15) is 0 Å². The predicted octanol–water partition coefficient (Wildman–Crippen LogP) is 3.88. The summed E-state index contributed by atoms with van der Waals surface area (Å²) < 4.78 is 26.9. The fraction of sp³-hybridized carbons (Fsp3) is 0.250. The number of benzene rings is 2. The van der Waals surface area contributed by atoms with E-state index in [-0.39, 0.29) is 0 Å². The molecule has 0 aromatic heterocycles. The third kappa shape index (κ3) is 2.99. The molecule has 0 heterocycles. The van der Waals surface area contributed by atoms with E-state index in [4.69, 9.17) is 0 Å². The summed E-state index contributed by atoms with van der Waals surface area (Å²) in [6.45, 7) is 0.773. The second-order valence-corrected chi connectivity index (χ2v) is 4.98. The van der Waals surface area contributed by atoms with Crippen molar-refractivity contribution in [1.29, 1.82) is 0 Å². The molecule has 0 bridgehead atoms. The fourth-order valence-electron chi connectivity index (χ4n) is 2.12. The summed E-state index contributed by atoms with van der Waals surface area (Å²) in [5, 5.41) is 3.41. The van der Waals surface area contributed by atoms with Gasteiger partial charge in [-0.3, -0.25) is 0 Å². The van der Waals surface area contributed by atoms with Crippen LogP contribution in [0, 0.1) is 11.6 Å². The molecule has 0 aliphatic heterocycles. The first-order valence-corrected chi connectivity index (χ1v) is 6.50. The Labute approximate surface area is 111 Å². The number of hydrogen-bond donors (Lipinski definition) is 1. The lowest BCUT2D eigenvalue weighted by Gasteiger charge is -2.07. The van der Waals surface area contributed by atoms with Gasteiger partial charge in [0.25, 0.3) is 0 Å². The second kappa shape index (κ2) is 5.10. The van der Waals surface area contributed by atoms with Crippen molar-refractivity contribution in [2.24, 2.45) is 0 Å². The van der Waals surface area contributed by atoms with Gasteiger partial charge >= 0.3 is 0 Å². The van der Waals surface area contributed by atoms with Gasteiger partial charge in [0.1, 0.15) is 11.6 Å². The maximum absolute atomic E-state index is 13.7. The molecule has 1 saturated carbocycles. The van der Waals surface area contributed by atoms with Crippen molar-refractivity contribution in [1.82, 2.24) is 5.32 Å². The summed E-state index contributed by atoms with van der Waals surface area (Å²) in [6.07, 6.45) is 2.47. The first-order valence-electron chi connectivity index (χ1n) is 6.50. The lowest BCUT2D eigenvalue weighted by Crippen LogP contribution is -2.15. The van der Waals surface area contributed by atoms with E-state index >= 15 is 0 Å². The number of halogens is 2. The topological polar surface area (TPSA) is 12.0 Å². The zero-order valence-electron chi connectivity index (χ0n) is 10.5. The van der Waals surface area contributed by atoms with Crippen LogP contribution < -0.4 is 5.32 Å². The van der Waals surface area contributed by atoms with E-state index in [0.29, 0.717) is 17.2 Å². The third-order valence-electron chi connectivity index (χ3n) is 3.34. The molecule has 0 spiro atoms. The van der Waals surface area contributed by atoms with Crippen LogP contribution in [-0.2, 0) is 6.54 Å². The smallest absolute Gasteiger partial charge is 0.131 e. The molecule has 3 rings (SSSR count). The van der Waals surface area contributed by atoms with E-state index in [9.17, 15) is 8.78 Å². The van der Waals surface area contributed by atoms with E-state index in [2.05, 4.69) is 5.32 Å². The lowest BCUT2D eigenvalue weighted by molar-refractivity contribution is 0.603. The van der Waals surface area contributed by atoms with Gasteiger partial charge in [0.2, 0.25) is 0 Å². The minimum atomic E-state index is -0.419. The number of nitrogens with one attached hydrogen (secondary N) is 1. The molecule has 0 unspecified atom stereocenters. The van der Waals surface area contributed by atoms with Gasteiger partial charge in [-0.1, -0.05) is 18.2 Å². The molecule has 0 saturated heterocycles. The van der Waals surface area contributed by atoms with Gasteiger partial charge in [0, 0.05) is 18.2 Å². The van der Waals surface area contributed by atoms with E-state index in [0.717, 1.165) is 18.2 Å². The van der Waals surface area contributed by atoms with Gasteiger partial charge in [-0.15, -0.1) is 0 Å². The van der Waals surface area contributed by atoms with Gasteiger partial charge < -0.3 is 5.32 Å². The maximum atomic E-state index is 13.7. The highest BCUT2D eigenvalue weighted by Crippen LogP contribution is 2.25. The van der Waals surface area contributed by atoms with Gasteiger partial charge in [-0.05, 0) is 48.2 Å². The van der Waals surface area contributed by atoms with E-state index < -0.39 is 11.6 Å². The summed E-state index contributed by atoms with van der Waals surface area (Å²) in [7, 11) is 0. The zero-order chi connectivity index (χ0) is 13.2. The van der Waals surface area contributed by atoms with Gasteiger partial charge in [-0.25, -0.2) is 8.78 Å². The molecular weight excluding hydrogens is 244 g/mol. The highest BCUT2D eigenvalue weighted by molar-refractivity contribution is 5.64. The molecule has 1 aliphatic carbocycles. The summed E-state index contributed by atoms with van der Waals surface area (Å²) in [6, 6.07) is 11.8. The van der Waals surface area contributed by atoms with Gasteiger partial charge in [0.05, 0.1) is 0 Å². The third-order valence-corrected chi connectivity index (χ3v) is 3.34. The Morgan fingerprint density at radius 3 is 2.68 bits per heavy atom. The summed E-state index contributed by atoms with van der Waals surface area (Å²) in [5.74, 6) is -0.813. The highest BCUT2D eigenvalue weighted by Gasteiger charge is 2.19. The maximum Gasteiger partial charge on any atom is 0.131 e. The van der Waals surface area contributed by atoms with Crippen LogP contribution in [0.2, 0.25) is 0 Å². The van der Waals surface area contributed by atoms with Crippen molar-refractivity contribution in [3.8, 4) is 11.1 Å². The Morgan fingerprint density at radius 1 is 1.05 bits per heavy atom. The van der Waals surface area contributed by atoms with Gasteiger partial charge in [0.15, 0.2) is 0 Å². The molecule has 98 valence electrons. The van der Waals surface area contributed by atoms with Crippen LogP contribution in [0.25, 0.3) is 11.1 Å². The minimum absolute atomic E-state index is 0.313. The molecule has 1 nitrogen and oxygen atoms in total. The van der Waals surface area contributed by atoms with Crippen LogP contribution >= 0.6 is 0 Å². The standard InChI is InChI=1S/C16H15F2N/c17-13-4-7-16(18)15(9-13)12-3-1-2-11(8-12)10-19-14-5-6-14/h1-4,7-9,14,19H,5-6,10H2. The van der Waals surface area contributed by atoms with E-state index in [1.54, 1.807) is 6.07 Å². The molecule has 1 N–H and O–H groups in total. The second-order valence-electron chi connectivity index (χ2n) is 4.98. The van der Waals surface area contributed by atoms with Crippen LogP contribution in [0.5, 0.6) is 0 Å². The predicted molar refractivity (Wildman–Crippen MR) is 71.7 cm³/mol. The zero-order valence-corrected chi connectivity index (χ0v) is 10.5. The molecule has 0 radical (unpaired) electrons. The normalized spacial score (nSPS) is 14.6. The largest absolute Gasteiger partial charge is 0.310 e. The molecule has 1 fully saturated rings. The molecule has 2 aromatic carbocycles. The van der Waals surface area contributed by atoms with Crippen molar-refractivity contribution in [2.45, 2.75) is 25.4 Å². The van der Waals surface area contributed by atoms with Crippen molar-refractivity contribution in [3.63, 3.8) is 0 Å². The number of rotatable bonds is 4. The van der Waals surface area contributed by atoms with Crippen molar-refractivity contribution in [3.05, 3.63) is 59.7 Å². The molecule has 2 aromatic rings. The Kier molecular flexibility index (Phi) is 3.30. The fourth-order valence-corrected chi connectivity index (χ4v) is 2.12. The molecular formula is C16H15F2N.